The average molecular weight is 404 g/mol. The Morgan fingerprint density at radius 2 is 1.97 bits per heavy atom. The first-order valence-corrected chi connectivity index (χ1v) is 10.5. The van der Waals surface area contributed by atoms with Gasteiger partial charge >= 0.3 is 0 Å². The summed E-state index contributed by atoms with van der Waals surface area (Å²) < 4.78 is 1.87. The molecule has 0 saturated carbocycles. The van der Waals surface area contributed by atoms with Gasteiger partial charge < -0.3 is 15.5 Å². The second-order valence-corrected chi connectivity index (χ2v) is 7.59. The molecule has 3 heterocycles. The fourth-order valence-corrected chi connectivity index (χ4v) is 3.76. The molecule has 1 aromatic carbocycles. The number of aromatic nitrogens is 3. The number of aryl methyl sites for hydroxylation is 1. The summed E-state index contributed by atoms with van der Waals surface area (Å²) in [5, 5.41) is 11.3. The Morgan fingerprint density at radius 3 is 2.70 bits per heavy atom. The van der Waals surface area contributed by atoms with E-state index >= 15 is 0 Å². The summed E-state index contributed by atoms with van der Waals surface area (Å²) in [5.41, 5.74) is 3.31. The number of aliphatic imine (C=N–C) groups is 1. The number of nitrogens with one attached hydrogen (secondary N) is 2. The number of piperidine rings is 1. The molecule has 0 unspecified atom stereocenters. The van der Waals surface area contributed by atoms with Crippen molar-refractivity contribution < 1.29 is 0 Å². The van der Waals surface area contributed by atoms with Crippen molar-refractivity contribution in [3.63, 3.8) is 0 Å². The van der Waals surface area contributed by atoms with Crippen LogP contribution >= 0.6 is 0 Å². The van der Waals surface area contributed by atoms with E-state index in [2.05, 4.69) is 67.0 Å². The molecule has 0 amide bonds. The Balaban J connectivity index is 1.28. The van der Waals surface area contributed by atoms with Gasteiger partial charge in [-0.1, -0.05) is 18.2 Å². The van der Waals surface area contributed by atoms with E-state index in [9.17, 15) is 0 Å². The van der Waals surface area contributed by atoms with Crippen molar-refractivity contribution >= 4 is 11.8 Å². The summed E-state index contributed by atoms with van der Waals surface area (Å²) in [6.45, 7) is 4.74. The molecule has 1 aliphatic rings. The predicted octanol–water partition coefficient (Wildman–Crippen LogP) is 2.91. The molecule has 0 spiro atoms. The molecule has 30 heavy (non-hydrogen) atoms. The predicted molar refractivity (Wildman–Crippen MR) is 121 cm³/mol. The quantitative estimate of drug-likeness (QED) is 0.506. The van der Waals surface area contributed by atoms with Gasteiger partial charge in [-0.25, -0.2) is 9.67 Å². The summed E-state index contributed by atoms with van der Waals surface area (Å²) in [5.74, 6) is 1.92. The standard InChI is InChI=1S/C23H29N7/c1-18-6-3-9-22(27-18)29-14-10-20(11-15-29)28-23(24-2)25-17-19-7-4-8-21(16-19)30-13-5-12-26-30/h3-9,12-13,16,20H,10-11,14-15,17H2,1-2H3,(H2,24,25,28). The Morgan fingerprint density at radius 1 is 1.13 bits per heavy atom. The van der Waals surface area contributed by atoms with Crippen molar-refractivity contribution in [2.75, 3.05) is 25.0 Å². The van der Waals surface area contributed by atoms with Crippen LogP contribution < -0.4 is 15.5 Å². The molecule has 1 fully saturated rings. The lowest BCUT2D eigenvalue weighted by Crippen LogP contribution is -2.48. The number of rotatable bonds is 5. The monoisotopic (exact) mass is 403 g/mol. The highest BCUT2D eigenvalue weighted by Gasteiger charge is 2.21. The highest BCUT2D eigenvalue weighted by molar-refractivity contribution is 5.80. The van der Waals surface area contributed by atoms with E-state index in [1.807, 2.05) is 37.0 Å². The van der Waals surface area contributed by atoms with Crippen LogP contribution in [0, 0.1) is 6.92 Å². The Kier molecular flexibility index (Phi) is 6.27. The largest absolute Gasteiger partial charge is 0.356 e. The molecule has 3 aromatic rings. The average Bonchev–Trinajstić information content (AvgIpc) is 3.32. The number of nitrogens with zero attached hydrogens (tertiary/aromatic N) is 5. The highest BCUT2D eigenvalue weighted by atomic mass is 15.3. The van der Waals surface area contributed by atoms with Crippen molar-refractivity contribution in [2.45, 2.75) is 32.4 Å². The molecule has 7 nitrogen and oxygen atoms in total. The van der Waals surface area contributed by atoms with Crippen LogP contribution in [0.4, 0.5) is 5.82 Å². The number of guanidine groups is 1. The van der Waals surface area contributed by atoms with Crippen molar-refractivity contribution in [3.8, 4) is 5.69 Å². The van der Waals surface area contributed by atoms with Gasteiger partial charge in [0.05, 0.1) is 5.69 Å². The van der Waals surface area contributed by atoms with Gasteiger partial charge in [-0.2, -0.15) is 5.10 Å². The number of anilines is 1. The minimum Gasteiger partial charge on any atom is -0.356 e. The van der Waals surface area contributed by atoms with Gasteiger partial charge in [-0.15, -0.1) is 0 Å². The van der Waals surface area contributed by atoms with Gasteiger partial charge in [0.15, 0.2) is 5.96 Å². The maximum absolute atomic E-state index is 4.65. The fourth-order valence-electron chi connectivity index (χ4n) is 3.76. The molecule has 1 aliphatic heterocycles. The first-order chi connectivity index (χ1) is 14.7. The van der Waals surface area contributed by atoms with Crippen molar-refractivity contribution in [3.05, 3.63) is 72.2 Å². The molecule has 7 heteroatoms. The van der Waals surface area contributed by atoms with Crippen LogP contribution in [-0.4, -0.2) is 46.9 Å². The molecule has 4 rings (SSSR count). The summed E-state index contributed by atoms with van der Waals surface area (Å²) in [4.78, 5) is 11.4. The Bertz CT molecular complexity index is 973. The lowest BCUT2D eigenvalue weighted by molar-refractivity contribution is 0.459. The summed E-state index contributed by atoms with van der Waals surface area (Å²) in [6.07, 6.45) is 5.86. The normalized spacial score (nSPS) is 15.3. The van der Waals surface area contributed by atoms with E-state index in [0.29, 0.717) is 12.6 Å². The van der Waals surface area contributed by atoms with Gasteiger partial charge in [0.25, 0.3) is 0 Å². The maximum atomic E-state index is 4.65. The Labute approximate surface area is 177 Å². The van der Waals surface area contributed by atoms with Crippen LogP contribution in [0.3, 0.4) is 0 Å². The number of hydrogen-bond donors (Lipinski definition) is 2. The van der Waals surface area contributed by atoms with Gasteiger partial charge in [-0.05, 0) is 55.7 Å². The molecular formula is C23H29N7. The third-order valence-corrected chi connectivity index (χ3v) is 5.40. The first-order valence-electron chi connectivity index (χ1n) is 10.5. The van der Waals surface area contributed by atoms with E-state index in [0.717, 1.165) is 49.1 Å². The van der Waals surface area contributed by atoms with E-state index < -0.39 is 0 Å². The van der Waals surface area contributed by atoms with Crippen LogP contribution in [0.15, 0.2) is 65.9 Å². The molecule has 0 bridgehead atoms. The molecule has 1 saturated heterocycles. The van der Waals surface area contributed by atoms with Crippen LogP contribution in [0.25, 0.3) is 5.69 Å². The van der Waals surface area contributed by atoms with Gasteiger partial charge in [0, 0.05) is 50.8 Å². The molecule has 0 aliphatic carbocycles. The minimum absolute atomic E-state index is 0.410. The number of benzene rings is 1. The van der Waals surface area contributed by atoms with Crippen LogP contribution in [0.5, 0.6) is 0 Å². The van der Waals surface area contributed by atoms with Gasteiger partial charge in [0.1, 0.15) is 5.82 Å². The number of hydrogen-bond acceptors (Lipinski definition) is 4. The highest BCUT2D eigenvalue weighted by Crippen LogP contribution is 2.18. The smallest absolute Gasteiger partial charge is 0.191 e. The van der Waals surface area contributed by atoms with E-state index in [-0.39, 0.29) is 0 Å². The molecule has 2 aromatic heterocycles. The second-order valence-electron chi connectivity index (χ2n) is 7.59. The van der Waals surface area contributed by atoms with Crippen LogP contribution in [0.1, 0.15) is 24.1 Å². The van der Waals surface area contributed by atoms with E-state index in [4.69, 9.17) is 0 Å². The molecule has 2 N–H and O–H groups in total. The molecule has 0 radical (unpaired) electrons. The van der Waals surface area contributed by atoms with Crippen LogP contribution in [-0.2, 0) is 6.54 Å². The molecule has 0 atom stereocenters. The summed E-state index contributed by atoms with van der Waals surface area (Å²) in [7, 11) is 1.82. The zero-order valence-electron chi connectivity index (χ0n) is 17.6. The van der Waals surface area contributed by atoms with Crippen molar-refractivity contribution in [1.82, 2.24) is 25.4 Å². The van der Waals surface area contributed by atoms with Gasteiger partial charge in [-0.3, -0.25) is 4.99 Å². The molecule has 156 valence electrons. The summed E-state index contributed by atoms with van der Waals surface area (Å²) >= 11 is 0. The topological polar surface area (TPSA) is 70.4 Å². The van der Waals surface area contributed by atoms with Crippen LogP contribution in [0.2, 0.25) is 0 Å². The van der Waals surface area contributed by atoms with Gasteiger partial charge in [0.2, 0.25) is 0 Å². The lowest BCUT2D eigenvalue weighted by Gasteiger charge is -2.34. The second kappa shape index (κ2) is 9.43. The van der Waals surface area contributed by atoms with Crippen molar-refractivity contribution in [2.24, 2.45) is 4.99 Å². The van der Waals surface area contributed by atoms with Crippen molar-refractivity contribution in [1.29, 1.82) is 0 Å². The lowest BCUT2D eigenvalue weighted by atomic mass is 10.1. The maximum Gasteiger partial charge on any atom is 0.191 e. The summed E-state index contributed by atoms with van der Waals surface area (Å²) in [6, 6.07) is 16.9. The SMILES string of the molecule is CN=C(NCc1cccc(-n2cccn2)c1)NC1CCN(c2cccc(C)n2)CC1. The zero-order valence-corrected chi connectivity index (χ0v) is 17.6. The number of pyridine rings is 1. The fraction of sp³-hybridized carbons (Fsp3) is 0.348. The Hall–Kier alpha value is -3.35. The minimum atomic E-state index is 0.410. The zero-order chi connectivity index (χ0) is 20.8. The molecular weight excluding hydrogens is 374 g/mol. The first kappa shape index (κ1) is 19.9. The van der Waals surface area contributed by atoms with E-state index in [1.54, 1.807) is 6.20 Å². The third-order valence-electron chi connectivity index (χ3n) is 5.40. The van der Waals surface area contributed by atoms with E-state index in [1.165, 1.54) is 5.56 Å². The third kappa shape index (κ3) is 4.97.